The molecule has 0 spiro atoms. The molecule has 7 nitrogen and oxygen atoms in total. The van der Waals surface area contributed by atoms with E-state index in [1.165, 1.54) is 6.20 Å². The van der Waals surface area contributed by atoms with Gasteiger partial charge in [0.1, 0.15) is 5.56 Å². The molecule has 19 heavy (non-hydrogen) atoms. The first-order valence-corrected chi connectivity index (χ1v) is 6.32. The highest BCUT2D eigenvalue weighted by atomic mass is 16.5. The van der Waals surface area contributed by atoms with Gasteiger partial charge in [-0.2, -0.15) is 0 Å². The van der Waals surface area contributed by atoms with Gasteiger partial charge in [0.2, 0.25) is 5.95 Å². The fraction of sp³-hybridized carbons (Fsp3) is 0.583. The zero-order valence-corrected chi connectivity index (χ0v) is 10.8. The van der Waals surface area contributed by atoms with Crippen LogP contribution in [-0.2, 0) is 9.47 Å². The number of H-pyrrole nitrogens is 1. The van der Waals surface area contributed by atoms with Crippen molar-refractivity contribution in [1.82, 2.24) is 9.97 Å². The molecule has 104 valence electrons. The molecule has 0 saturated carbocycles. The number of ether oxygens (including phenoxy) is 2. The van der Waals surface area contributed by atoms with Crippen molar-refractivity contribution in [2.24, 2.45) is 0 Å². The van der Waals surface area contributed by atoms with E-state index in [2.05, 4.69) is 15.3 Å². The summed E-state index contributed by atoms with van der Waals surface area (Å²) in [6.45, 7) is 3.26. The van der Waals surface area contributed by atoms with Crippen molar-refractivity contribution in [3.8, 4) is 0 Å². The van der Waals surface area contributed by atoms with Crippen molar-refractivity contribution in [2.45, 2.75) is 25.9 Å². The zero-order chi connectivity index (χ0) is 13.7. The van der Waals surface area contributed by atoms with Crippen molar-refractivity contribution in [3.63, 3.8) is 0 Å². The predicted octanol–water partition coefficient (Wildman–Crippen LogP) is 0.537. The van der Waals surface area contributed by atoms with Crippen molar-refractivity contribution in [1.29, 1.82) is 0 Å². The van der Waals surface area contributed by atoms with Crippen LogP contribution >= 0.6 is 0 Å². The highest BCUT2D eigenvalue weighted by molar-refractivity contribution is 5.88. The van der Waals surface area contributed by atoms with Crippen molar-refractivity contribution >= 4 is 11.9 Å². The third kappa shape index (κ3) is 3.54. The van der Waals surface area contributed by atoms with Gasteiger partial charge in [0, 0.05) is 13.2 Å². The van der Waals surface area contributed by atoms with E-state index in [4.69, 9.17) is 9.47 Å². The molecule has 1 aliphatic heterocycles. The van der Waals surface area contributed by atoms with Gasteiger partial charge >= 0.3 is 5.97 Å². The minimum Gasteiger partial charge on any atom is -0.462 e. The maximum Gasteiger partial charge on any atom is 0.345 e. The number of nitrogens with one attached hydrogen (secondary N) is 2. The molecule has 1 fully saturated rings. The number of nitrogens with zero attached hydrogens (tertiary/aromatic N) is 1. The Morgan fingerprint density at radius 3 is 3.16 bits per heavy atom. The summed E-state index contributed by atoms with van der Waals surface area (Å²) in [5.41, 5.74) is -0.604. The summed E-state index contributed by atoms with van der Waals surface area (Å²) >= 11 is 0. The highest BCUT2D eigenvalue weighted by Gasteiger charge is 2.16. The number of carbonyl (C=O) groups excluding carboxylic acids is 1. The minimum atomic E-state index is -0.665. The Morgan fingerprint density at radius 1 is 1.68 bits per heavy atom. The van der Waals surface area contributed by atoms with Crippen LogP contribution in [0, 0.1) is 0 Å². The summed E-state index contributed by atoms with van der Waals surface area (Å²) in [7, 11) is 0. The Hall–Kier alpha value is -1.89. The summed E-state index contributed by atoms with van der Waals surface area (Å²) in [5, 5.41) is 2.98. The highest BCUT2D eigenvalue weighted by Crippen LogP contribution is 2.11. The predicted molar refractivity (Wildman–Crippen MR) is 68.3 cm³/mol. The summed E-state index contributed by atoms with van der Waals surface area (Å²) in [5.74, 6) is -0.338. The van der Waals surface area contributed by atoms with E-state index in [-0.39, 0.29) is 18.3 Å². The standard InChI is InChI=1S/C12H17N3O4/c1-2-18-11(17)9-7-14-12(15-10(9)16)13-6-8-4-3-5-19-8/h7-8H,2-6H2,1H3,(H2,13,14,15,16)/t8-/m0/s1. The van der Waals surface area contributed by atoms with E-state index in [1.807, 2.05) is 0 Å². The van der Waals surface area contributed by atoms with Gasteiger partial charge in [0.15, 0.2) is 0 Å². The molecule has 1 aromatic heterocycles. The first kappa shape index (κ1) is 13.5. The minimum absolute atomic E-state index is 0.0930. The first-order chi connectivity index (χ1) is 9.20. The number of aromatic amines is 1. The van der Waals surface area contributed by atoms with Crippen LogP contribution in [0.15, 0.2) is 11.0 Å². The lowest BCUT2D eigenvalue weighted by Crippen LogP contribution is -2.24. The van der Waals surface area contributed by atoms with Crippen molar-refractivity contribution < 1.29 is 14.3 Å². The van der Waals surface area contributed by atoms with Crippen LogP contribution in [0.4, 0.5) is 5.95 Å². The van der Waals surface area contributed by atoms with Crippen LogP contribution in [0.2, 0.25) is 0 Å². The molecule has 1 aromatic rings. The second-order valence-corrected chi connectivity index (χ2v) is 4.21. The Morgan fingerprint density at radius 2 is 2.53 bits per heavy atom. The Kier molecular flexibility index (Phi) is 4.51. The molecule has 0 radical (unpaired) electrons. The van der Waals surface area contributed by atoms with E-state index in [0.29, 0.717) is 12.5 Å². The number of hydrogen-bond acceptors (Lipinski definition) is 6. The molecule has 2 N–H and O–H groups in total. The summed E-state index contributed by atoms with van der Waals surface area (Å²) in [4.78, 5) is 29.6. The molecular weight excluding hydrogens is 250 g/mol. The summed E-state index contributed by atoms with van der Waals surface area (Å²) in [6.07, 6.45) is 3.42. The van der Waals surface area contributed by atoms with Gasteiger partial charge in [0.25, 0.3) is 5.56 Å². The van der Waals surface area contributed by atoms with Crippen LogP contribution in [0.3, 0.4) is 0 Å². The Bertz CT molecular complexity index is 494. The van der Waals surface area contributed by atoms with E-state index in [0.717, 1.165) is 19.4 Å². The monoisotopic (exact) mass is 267 g/mol. The summed E-state index contributed by atoms with van der Waals surface area (Å²) in [6, 6.07) is 0. The molecule has 1 saturated heterocycles. The van der Waals surface area contributed by atoms with Crippen LogP contribution < -0.4 is 10.9 Å². The maximum absolute atomic E-state index is 11.7. The Labute approximate surface area is 110 Å². The molecule has 0 aromatic carbocycles. The van der Waals surface area contributed by atoms with Gasteiger partial charge in [-0.15, -0.1) is 0 Å². The van der Waals surface area contributed by atoms with Crippen LogP contribution in [0.25, 0.3) is 0 Å². The number of anilines is 1. The number of aromatic nitrogens is 2. The molecule has 0 bridgehead atoms. The number of rotatable bonds is 5. The second-order valence-electron chi connectivity index (χ2n) is 4.21. The van der Waals surface area contributed by atoms with Crippen molar-refractivity contribution in [3.05, 3.63) is 22.1 Å². The zero-order valence-electron chi connectivity index (χ0n) is 10.8. The third-order valence-corrected chi connectivity index (χ3v) is 2.82. The molecule has 2 heterocycles. The molecule has 0 unspecified atom stereocenters. The number of hydrogen-bond donors (Lipinski definition) is 2. The normalized spacial score (nSPS) is 18.3. The molecule has 1 atom stereocenters. The fourth-order valence-corrected chi connectivity index (χ4v) is 1.85. The van der Waals surface area contributed by atoms with E-state index >= 15 is 0 Å². The lowest BCUT2D eigenvalue weighted by atomic mass is 10.2. The Balaban J connectivity index is 1.97. The maximum atomic E-state index is 11.7. The molecule has 2 rings (SSSR count). The molecule has 0 amide bonds. The molecule has 1 aliphatic rings. The largest absolute Gasteiger partial charge is 0.462 e. The van der Waals surface area contributed by atoms with E-state index in [1.54, 1.807) is 6.92 Å². The van der Waals surface area contributed by atoms with Gasteiger partial charge in [0.05, 0.1) is 18.9 Å². The van der Waals surface area contributed by atoms with Gasteiger partial charge in [-0.25, -0.2) is 9.78 Å². The number of esters is 1. The quantitative estimate of drug-likeness (QED) is 0.756. The van der Waals surface area contributed by atoms with Crippen LogP contribution in [0.1, 0.15) is 30.1 Å². The second kappa shape index (κ2) is 6.33. The smallest absolute Gasteiger partial charge is 0.345 e. The van der Waals surface area contributed by atoms with Gasteiger partial charge in [-0.1, -0.05) is 0 Å². The lowest BCUT2D eigenvalue weighted by molar-refractivity contribution is 0.0523. The lowest BCUT2D eigenvalue weighted by Gasteiger charge is -2.10. The number of carbonyl (C=O) groups is 1. The average molecular weight is 267 g/mol. The topological polar surface area (TPSA) is 93.3 Å². The average Bonchev–Trinajstić information content (AvgIpc) is 2.89. The van der Waals surface area contributed by atoms with Gasteiger partial charge in [-0.05, 0) is 19.8 Å². The molecule has 0 aliphatic carbocycles. The third-order valence-electron chi connectivity index (χ3n) is 2.82. The van der Waals surface area contributed by atoms with Gasteiger partial charge < -0.3 is 14.8 Å². The van der Waals surface area contributed by atoms with Crippen LogP contribution in [-0.4, -0.2) is 41.8 Å². The van der Waals surface area contributed by atoms with E-state index < -0.39 is 11.5 Å². The first-order valence-electron chi connectivity index (χ1n) is 6.32. The van der Waals surface area contributed by atoms with Crippen LogP contribution in [0.5, 0.6) is 0 Å². The molecule has 7 heteroatoms. The summed E-state index contributed by atoms with van der Waals surface area (Å²) < 4.78 is 10.2. The SMILES string of the molecule is CCOC(=O)c1cnc(NC[C@@H]2CCCO2)[nH]c1=O. The molecular formula is C12H17N3O4. The van der Waals surface area contributed by atoms with Crippen molar-refractivity contribution in [2.75, 3.05) is 25.1 Å². The van der Waals surface area contributed by atoms with Gasteiger partial charge in [-0.3, -0.25) is 9.78 Å². The fourth-order valence-electron chi connectivity index (χ4n) is 1.85. The van der Waals surface area contributed by atoms with E-state index in [9.17, 15) is 9.59 Å².